The maximum atomic E-state index is 4.51. The van der Waals surface area contributed by atoms with Gasteiger partial charge in [-0.25, -0.2) is 9.97 Å². The first-order chi connectivity index (χ1) is 12.6. The Labute approximate surface area is 149 Å². The molecule has 4 aromatic rings. The Morgan fingerprint density at radius 2 is 2.00 bits per heavy atom. The summed E-state index contributed by atoms with van der Waals surface area (Å²) < 4.78 is 3.74. The molecule has 0 bridgehead atoms. The molecule has 1 aliphatic heterocycles. The minimum Gasteiger partial charge on any atom is -0.353 e. The number of nitrogens with zero attached hydrogens (tertiary/aromatic N) is 10. The van der Waals surface area contributed by atoms with Crippen LogP contribution in [0.25, 0.3) is 11.4 Å². The number of aryl methyl sites for hydroxylation is 2. The van der Waals surface area contributed by atoms with Gasteiger partial charge in [0.1, 0.15) is 18.0 Å². The van der Waals surface area contributed by atoms with E-state index in [1.165, 1.54) is 6.33 Å². The monoisotopic (exact) mass is 350 g/mol. The van der Waals surface area contributed by atoms with Crippen molar-refractivity contribution >= 4 is 23.1 Å². The van der Waals surface area contributed by atoms with Crippen LogP contribution < -0.4 is 9.80 Å². The molecule has 132 valence electrons. The Morgan fingerprint density at radius 1 is 1.15 bits per heavy atom. The Bertz CT molecular complexity index is 1110. The Balaban J connectivity index is 1.41. The summed E-state index contributed by atoms with van der Waals surface area (Å²) in [5, 5.41) is 12.7. The summed E-state index contributed by atoms with van der Waals surface area (Å²) in [6.45, 7) is 5.61. The van der Waals surface area contributed by atoms with E-state index in [1.807, 2.05) is 30.5 Å². The molecule has 5 heterocycles. The van der Waals surface area contributed by atoms with Crippen molar-refractivity contribution in [1.82, 2.24) is 39.2 Å². The molecule has 0 N–H and O–H groups in total. The predicted octanol–water partition coefficient (Wildman–Crippen LogP) is 0.504. The van der Waals surface area contributed by atoms with E-state index in [4.69, 9.17) is 0 Å². The SMILES string of the molecule is Cc1cc(N(C)C2CN(c3nccn4c(C)nnc34)C2)n2ncnc2n1. The first-order valence-corrected chi connectivity index (χ1v) is 8.43. The van der Waals surface area contributed by atoms with E-state index >= 15 is 0 Å². The predicted molar refractivity (Wildman–Crippen MR) is 95.4 cm³/mol. The van der Waals surface area contributed by atoms with Gasteiger partial charge in [-0.3, -0.25) is 4.40 Å². The van der Waals surface area contributed by atoms with E-state index in [2.05, 4.69) is 47.1 Å². The molecule has 0 radical (unpaired) electrons. The first-order valence-electron chi connectivity index (χ1n) is 8.43. The first kappa shape index (κ1) is 15.0. The number of aromatic nitrogens is 8. The highest BCUT2D eigenvalue weighted by Crippen LogP contribution is 2.27. The van der Waals surface area contributed by atoms with Gasteiger partial charge in [0.15, 0.2) is 5.82 Å². The summed E-state index contributed by atoms with van der Waals surface area (Å²) >= 11 is 0. The minimum absolute atomic E-state index is 0.343. The molecule has 5 rings (SSSR count). The molecule has 0 atom stereocenters. The lowest BCUT2D eigenvalue weighted by atomic mass is 10.1. The third-order valence-electron chi connectivity index (χ3n) is 4.91. The van der Waals surface area contributed by atoms with Crippen molar-refractivity contribution in [3.63, 3.8) is 0 Å². The summed E-state index contributed by atoms with van der Waals surface area (Å²) in [5.74, 6) is 3.33. The van der Waals surface area contributed by atoms with Crippen LogP contribution in [0.3, 0.4) is 0 Å². The number of hydrogen-bond acceptors (Lipinski definition) is 8. The van der Waals surface area contributed by atoms with Gasteiger partial charge >= 0.3 is 0 Å². The zero-order valence-corrected chi connectivity index (χ0v) is 14.8. The average molecular weight is 350 g/mol. The summed E-state index contributed by atoms with van der Waals surface area (Å²) in [6, 6.07) is 2.38. The fraction of sp³-hybridized carbons (Fsp3) is 0.375. The van der Waals surface area contributed by atoms with Gasteiger partial charge < -0.3 is 9.80 Å². The number of rotatable bonds is 3. The maximum Gasteiger partial charge on any atom is 0.254 e. The van der Waals surface area contributed by atoms with Gasteiger partial charge in [-0.15, -0.1) is 10.2 Å². The molecule has 1 saturated heterocycles. The fourth-order valence-electron chi connectivity index (χ4n) is 3.37. The van der Waals surface area contributed by atoms with Crippen molar-refractivity contribution in [2.75, 3.05) is 29.9 Å². The molecule has 0 spiro atoms. The van der Waals surface area contributed by atoms with Crippen LogP contribution in [0.15, 0.2) is 24.8 Å². The van der Waals surface area contributed by atoms with Crippen molar-refractivity contribution in [3.05, 3.63) is 36.3 Å². The lowest BCUT2D eigenvalue weighted by Gasteiger charge is -2.45. The largest absolute Gasteiger partial charge is 0.353 e. The number of anilines is 2. The molecule has 0 aliphatic carbocycles. The number of fused-ring (bicyclic) bond motifs is 2. The van der Waals surface area contributed by atoms with Gasteiger partial charge in [-0.2, -0.15) is 14.6 Å². The van der Waals surface area contributed by atoms with Gasteiger partial charge in [0.2, 0.25) is 5.65 Å². The van der Waals surface area contributed by atoms with Crippen molar-refractivity contribution < 1.29 is 0 Å². The molecule has 0 amide bonds. The normalized spacial score (nSPS) is 15.0. The van der Waals surface area contributed by atoms with E-state index in [-0.39, 0.29) is 0 Å². The zero-order chi connectivity index (χ0) is 17.8. The summed E-state index contributed by atoms with van der Waals surface area (Å²) in [6.07, 6.45) is 5.21. The Hall–Kier alpha value is -3.30. The van der Waals surface area contributed by atoms with E-state index in [0.717, 1.165) is 41.9 Å². The minimum atomic E-state index is 0.343. The fourth-order valence-corrected chi connectivity index (χ4v) is 3.37. The van der Waals surface area contributed by atoms with Crippen molar-refractivity contribution in [3.8, 4) is 0 Å². The molecule has 0 saturated carbocycles. The second kappa shape index (κ2) is 5.35. The third kappa shape index (κ3) is 2.11. The molecule has 10 heteroatoms. The van der Waals surface area contributed by atoms with Crippen LogP contribution in [0, 0.1) is 13.8 Å². The van der Waals surface area contributed by atoms with Crippen molar-refractivity contribution in [2.45, 2.75) is 19.9 Å². The van der Waals surface area contributed by atoms with Crippen LogP contribution in [0.5, 0.6) is 0 Å². The molecule has 1 fully saturated rings. The second-order valence-electron chi connectivity index (χ2n) is 6.59. The Kier molecular flexibility index (Phi) is 3.08. The summed E-state index contributed by atoms with van der Waals surface area (Å²) in [4.78, 5) is 17.6. The molecule has 4 aromatic heterocycles. The average Bonchev–Trinajstić information content (AvgIpc) is 3.20. The summed E-state index contributed by atoms with van der Waals surface area (Å²) in [5.41, 5.74) is 1.72. The maximum absolute atomic E-state index is 4.51. The van der Waals surface area contributed by atoms with E-state index in [9.17, 15) is 0 Å². The van der Waals surface area contributed by atoms with E-state index in [0.29, 0.717) is 11.8 Å². The molecular formula is C16H18N10. The van der Waals surface area contributed by atoms with Crippen molar-refractivity contribution in [1.29, 1.82) is 0 Å². The van der Waals surface area contributed by atoms with Crippen LogP contribution >= 0.6 is 0 Å². The molecule has 1 aliphatic rings. The number of hydrogen-bond donors (Lipinski definition) is 0. The van der Waals surface area contributed by atoms with Gasteiger partial charge in [-0.05, 0) is 13.8 Å². The van der Waals surface area contributed by atoms with Crippen LogP contribution in [-0.2, 0) is 0 Å². The molecular weight excluding hydrogens is 332 g/mol. The number of likely N-dealkylation sites (N-methyl/N-ethyl adjacent to an activating group) is 1. The van der Waals surface area contributed by atoms with Crippen LogP contribution in [0.4, 0.5) is 11.6 Å². The van der Waals surface area contributed by atoms with Crippen LogP contribution in [0.2, 0.25) is 0 Å². The highest BCUT2D eigenvalue weighted by atomic mass is 15.4. The Morgan fingerprint density at radius 3 is 2.85 bits per heavy atom. The van der Waals surface area contributed by atoms with Gasteiger partial charge in [0, 0.05) is 44.3 Å². The van der Waals surface area contributed by atoms with Crippen molar-refractivity contribution in [2.24, 2.45) is 0 Å². The van der Waals surface area contributed by atoms with E-state index < -0.39 is 0 Å². The van der Waals surface area contributed by atoms with E-state index in [1.54, 1.807) is 10.7 Å². The highest BCUT2D eigenvalue weighted by molar-refractivity contribution is 5.66. The second-order valence-corrected chi connectivity index (χ2v) is 6.59. The molecule has 10 nitrogen and oxygen atoms in total. The lowest BCUT2D eigenvalue weighted by molar-refractivity contribution is 0.487. The molecule has 26 heavy (non-hydrogen) atoms. The third-order valence-corrected chi connectivity index (χ3v) is 4.91. The highest BCUT2D eigenvalue weighted by Gasteiger charge is 2.34. The van der Waals surface area contributed by atoms with Crippen LogP contribution in [-0.4, -0.2) is 65.3 Å². The lowest BCUT2D eigenvalue weighted by Crippen LogP contribution is -2.59. The van der Waals surface area contributed by atoms with Gasteiger partial charge in [0.05, 0.1) is 6.04 Å². The smallest absolute Gasteiger partial charge is 0.254 e. The summed E-state index contributed by atoms with van der Waals surface area (Å²) in [7, 11) is 2.08. The molecule has 0 unspecified atom stereocenters. The zero-order valence-electron chi connectivity index (χ0n) is 14.8. The molecule has 0 aromatic carbocycles. The quantitative estimate of drug-likeness (QED) is 0.527. The van der Waals surface area contributed by atoms with Gasteiger partial charge in [0.25, 0.3) is 5.78 Å². The standard InChI is InChI=1S/C16H18N10/c1-10-6-13(26-16(20-10)18-9-19-26)23(3)12-7-24(8-12)14-15-22-21-11(2)25(15)5-4-17-14/h4-6,9,12H,7-8H2,1-3H3. The van der Waals surface area contributed by atoms with Gasteiger partial charge in [-0.1, -0.05) is 0 Å². The van der Waals surface area contributed by atoms with Crippen LogP contribution in [0.1, 0.15) is 11.5 Å². The topological polar surface area (TPSA) is 92.6 Å².